The Balaban J connectivity index is 2.41. The van der Waals surface area contributed by atoms with Crippen molar-refractivity contribution in [2.75, 3.05) is 11.2 Å². The third-order valence-corrected chi connectivity index (χ3v) is 3.66. The van der Waals surface area contributed by atoms with E-state index in [1.165, 1.54) is 19.1 Å². The summed E-state index contributed by atoms with van der Waals surface area (Å²) in [5.74, 6) is -1.70. The number of aryl methyl sites for hydroxylation is 1. The molecule has 0 unspecified atom stereocenters. The van der Waals surface area contributed by atoms with E-state index in [0.29, 0.717) is 11.3 Å². The van der Waals surface area contributed by atoms with Crippen molar-refractivity contribution in [1.82, 2.24) is 5.01 Å². The van der Waals surface area contributed by atoms with Crippen LogP contribution in [0.25, 0.3) is 11.0 Å². The molecule has 0 fully saturated rings. The Morgan fingerprint density at radius 1 is 1.39 bits per heavy atom. The zero-order valence-electron chi connectivity index (χ0n) is 12.6. The molecule has 2 N–H and O–H groups in total. The van der Waals surface area contributed by atoms with Crippen molar-refractivity contribution in [1.29, 1.82) is 0 Å². The van der Waals surface area contributed by atoms with Crippen LogP contribution in [0.2, 0.25) is 0 Å². The predicted molar refractivity (Wildman–Crippen MR) is 88.6 cm³/mol. The van der Waals surface area contributed by atoms with E-state index in [2.05, 4.69) is 18.1 Å². The van der Waals surface area contributed by atoms with Crippen molar-refractivity contribution in [3.05, 3.63) is 40.2 Å². The summed E-state index contributed by atoms with van der Waals surface area (Å²) in [5.41, 5.74) is 3.80. The van der Waals surface area contributed by atoms with Crippen molar-refractivity contribution in [2.45, 2.75) is 19.9 Å². The lowest BCUT2D eigenvalue weighted by Gasteiger charge is -2.28. The minimum Gasteiger partial charge on any atom is -0.480 e. The van der Waals surface area contributed by atoms with Gasteiger partial charge in [-0.15, -0.1) is 0 Å². The van der Waals surface area contributed by atoms with Crippen molar-refractivity contribution < 1.29 is 19.1 Å². The Morgan fingerprint density at radius 3 is 2.65 bits per heavy atom. The number of hydrogen-bond donors (Lipinski definition) is 3. The normalized spacial score (nSPS) is 12.0. The lowest BCUT2D eigenvalue weighted by molar-refractivity contribution is -0.147. The van der Waals surface area contributed by atoms with E-state index >= 15 is 0 Å². The van der Waals surface area contributed by atoms with E-state index in [1.807, 2.05) is 0 Å². The van der Waals surface area contributed by atoms with Gasteiger partial charge in [0, 0.05) is 30.2 Å². The molecule has 7 nitrogen and oxygen atoms in total. The molecule has 0 bridgehead atoms. The molecule has 0 spiro atoms. The number of carboxylic acids is 1. The van der Waals surface area contributed by atoms with Crippen LogP contribution < -0.4 is 11.1 Å². The van der Waals surface area contributed by atoms with Crippen LogP contribution in [0.4, 0.5) is 5.69 Å². The van der Waals surface area contributed by atoms with Gasteiger partial charge in [-0.25, -0.2) is 14.6 Å². The summed E-state index contributed by atoms with van der Waals surface area (Å²) >= 11 is 3.97. The molecule has 8 heteroatoms. The number of carbonyl (C=O) groups is 2. The summed E-state index contributed by atoms with van der Waals surface area (Å²) in [6.45, 7) is 3.04. The van der Waals surface area contributed by atoms with Gasteiger partial charge in [0.05, 0.1) is 5.69 Å². The molecule has 1 aromatic heterocycles. The van der Waals surface area contributed by atoms with Crippen molar-refractivity contribution in [2.24, 2.45) is 0 Å². The highest BCUT2D eigenvalue weighted by Gasteiger charge is 2.26. The van der Waals surface area contributed by atoms with Crippen LogP contribution in [0, 0.1) is 6.92 Å². The Morgan fingerprint density at radius 2 is 2.09 bits per heavy atom. The number of anilines is 1. The second kappa shape index (κ2) is 6.74. The van der Waals surface area contributed by atoms with Gasteiger partial charge in [-0.2, -0.15) is 12.6 Å². The summed E-state index contributed by atoms with van der Waals surface area (Å²) in [6, 6.07) is 5.19. The zero-order chi connectivity index (χ0) is 17.1. The van der Waals surface area contributed by atoms with Gasteiger partial charge in [-0.3, -0.25) is 10.2 Å². The highest BCUT2D eigenvalue weighted by Crippen LogP contribution is 2.21. The molecule has 1 amide bonds. The van der Waals surface area contributed by atoms with E-state index in [4.69, 9.17) is 4.42 Å². The standard InChI is InChI=1S/C15H16N2O5S/c1-8-5-14(19)22-13-6-10(3-4-11(8)13)16-17(9(2)18)12(7-23)15(20)21/h3-6,12,16,23H,7H2,1-2H3,(H,20,21)/t12-/m0/s1. The Bertz CT molecular complexity index is 817. The zero-order valence-corrected chi connectivity index (χ0v) is 13.5. The fourth-order valence-corrected chi connectivity index (χ4v) is 2.50. The molecule has 122 valence electrons. The number of nitrogens with zero attached hydrogens (tertiary/aromatic N) is 1. The van der Waals surface area contributed by atoms with Gasteiger partial charge in [0.25, 0.3) is 0 Å². The number of thiol groups is 1. The lowest BCUT2D eigenvalue weighted by atomic mass is 10.1. The van der Waals surface area contributed by atoms with Crippen molar-refractivity contribution in [3.63, 3.8) is 0 Å². The number of nitrogens with one attached hydrogen (secondary N) is 1. The average Bonchev–Trinajstić information content (AvgIpc) is 2.45. The monoisotopic (exact) mass is 336 g/mol. The van der Waals surface area contributed by atoms with Crippen LogP contribution in [-0.4, -0.2) is 33.8 Å². The van der Waals surface area contributed by atoms with Gasteiger partial charge in [-0.05, 0) is 24.6 Å². The first-order valence-corrected chi connectivity index (χ1v) is 7.41. The van der Waals surface area contributed by atoms with Gasteiger partial charge in [0.15, 0.2) is 6.04 Å². The predicted octanol–water partition coefficient (Wildman–Crippen LogP) is 1.66. The van der Waals surface area contributed by atoms with E-state index in [9.17, 15) is 19.5 Å². The maximum atomic E-state index is 11.7. The van der Waals surface area contributed by atoms with Gasteiger partial charge >= 0.3 is 11.6 Å². The first kappa shape index (κ1) is 16.9. The largest absolute Gasteiger partial charge is 0.480 e. The van der Waals surface area contributed by atoms with Crippen molar-refractivity contribution in [3.8, 4) is 0 Å². The maximum Gasteiger partial charge on any atom is 0.336 e. The minimum atomic E-state index is -1.18. The van der Waals surface area contributed by atoms with Crippen molar-refractivity contribution >= 4 is 41.2 Å². The third-order valence-electron chi connectivity index (χ3n) is 3.31. The van der Waals surface area contributed by atoms with Crippen LogP contribution in [0.3, 0.4) is 0 Å². The molecular formula is C15H16N2O5S. The van der Waals surface area contributed by atoms with Crippen LogP contribution in [0.5, 0.6) is 0 Å². The van der Waals surface area contributed by atoms with Crippen LogP contribution >= 0.6 is 12.6 Å². The average molecular weight is 336 g/mol. The molecule has 23 heavy (non-hydrogen) atoms. The van der Waals surface area contributed by atoms with Gasteiger partial charge < -0.3 is 9.52 Å². The van der Waals surface area contributed by atoms with Crippen LogP contribution in [-0.2, 0) is 9.59 Å². The molecule has 0 aliphatic rings. The third kappa shape index (κ3) is 3.65. The van der Waals surface area contributed by atoms with E-state index in [-0.39, 0.29) is 5.75 Å². The van der Waals surface area contributed by atoms with E-state index in [1.54, 1.807) is 19.1 Å². The lowest BCUT2D eigenvalue weighted by Crippen LogP contribution is -2.48. The van der Waals surface area contributed by atoms with E-state index < -0.39 is 23.5 Å². The van der Waals surface area contributed by atoms with Gasteiger partial charge in [0.1, 0.15) is 5.58 Å². The number of carboxylic acid groups (broad SMARTS) is 1. The number of aliphatic carboxylic acids is 1. The molecule has 1 atom stereocenters. The molecule has 0 radical (unpaired) electrons. The smallest absolute Gasteiger partial charge is 0.336 e. The Hall–Kier alpha value is -2.48. The summed E-state index contributed by atoms with van der Waals surface area (Å²) in [7, 11) is 0. The number of hydrazine groups is 1. The highest BCUT2D eigenvalue weighted by molar-refractivity contribution is 7.80. The first-order valence-electron chi connectivity index (χ1n) is 6.78. The van der Waals surface area contributed by atoms with Crippen LogP contribution in [0.15, 0.2) is 33.5 Å². The van der Waals surface area contributed by atoms with E-state index in [0.717, 1.165) is 16.0 Å². The number of rotatable bonds is 5. The fraction of sp³-hybridized carbons (Fsp3) is 0.267. The summed E-state index contributed by atoms with van der Waals surface area (Å²) in [4.78, 5) is 34.4. The molecule has 1 aromatic carbocycles. The van der Waals surface area contributed by atoms with Gasteiger partial charge in [-0.1, -0.05) is 0 Å². The first-order chi connectivity index (χ1) is 10.8. The SMILES string of the molecule is CC(=O)N(Nc1ccc2c(C)cc(=O)oc2c1)[C@@H](CS)C(=O)O. The number of fused-ring (bicyclic) bond motifs is 1. The number of amides is 1. The molecule has 0 saturated carbocycles. The van der Waals surface area contributed by atoms with Crippen LogP contribution in [0.1, 0.15) is 12.5 Å². The fourth-order valence-electron chi connectivity index (χ4n) is 2.18. The Labute approximate surface area is 137 Å². The molecule has 0 aliphatic heterocycles. The van der Waals surface area contributed by atoms with Gasteiger partial charge in [0.2, 0.25) is 5.91 Å². The molecule has 0 aliphatic carbocycles. The minimum absolute atomic E-state index is 0.0519. The molecular weight excluding hydrogens is 320 g/mol. The second-order valence-electron chi connectivity index (χ2n) is 5.00. The molecule has 1 heterocycles. The molecule has 2 aromatic rings. The quantitative estimate of drug-likeness (QED) is 0.436. The summed E-state index contributed by atoms with van der Waals surface area (Å²) in [6.07, 6.45) is 0. The molecule has 2 rings (SSSR count). The second-order valence-corrected chi connectivity index (χ2v) is 5.36. The Kier molecular flexibility index (Phi) is 4.95. The summed E-state index contributed by atoms with van der Waals surface area (Å²) < 4.78 is 5.13. The molecule has 0 saturated heterocycles. The number of benzene rings is 1. The maximum absolute atomic E-state index is 11.7. The topological polar surface area (TPSA) is 99.9 Å². The number of hydrogen-bond acceptors (Lipinski definition) is 6. The number of carbonyl (C=O) groups excluding carboxylic acids is 1. The summed E-state index contributed by atoms with van der Waals surface area (Å²) in [5, 5.41) is 10.9. The highest BCUT2D eigenvalue weighted by atomic mass is 32.1.